The molecular weight excluding hydrogens is 272 g/mol. The van der Waals surface area contributed by atoms with Gasteiger partial charge in [0.1, 0.15) is 11.2 Å². The summed E-state index contributed by atoms with van der Waals surface area (Å²) in [6.45, 7) is 1.13. The van der Waals surface area contributed by atoms with E-state index in [1.54, 1.807) is 0 Å². The SMILES string of the molecule is CC1(O)C2[C@@H](O)C2(CO)O[C@H]1n1ccc(=O)[nH]c1=S. The summed E-state index contributed by atoms with van der Waals surface area (Å²) in [7, 11) is 0. The summed E-state index contributed by atoms with van der Waals surface area (Å²) in [6, 6.07) is 1.27. The van der Waals surface area contributed by atoms with Crippen LogP contribution < -0.4 is 5.56 Å². The summed E-state index contributed by atoms with van der Waals surface area (Å²) in [5, 5.41) is 29.7. The van der Waals surface area contributed by atoms with E-state index < -0.39 is 29.5 Å². The number of aliphatic hydroxyl groups excluding tert-OH is 2. The first-order chi connectivity index (χ1) is 8.84. The van der Waals surface area contributed by atoms with E-state index in [2.05, 4.69) is 4.98 Å². The van der Waals surface area contributed by atoms with Gasteiger partial charge in [0.2, 0.25) is 0 Å². The number of fused-ring (bicyclic) bond motifs is 1. The number of hydrogen-bond acceptors (Lipinski definition) is 6. The van der Waals surface area contributed by atoms with Gasteiger partial charge in [-0.25, -0.2) is 0 Å². The van der Waals surface area contributed by atoms with Gasteiger partial charge in [-0.2, -0.15) is 0 Å². The topological polar surface area (TPSA) is 108 Å². The van der Waals surface area contributed by atoms with E-state index in [1.165, 1.54) is 23.8 Å². The minimum atomic E-state index is -1.39. The van der Waals surface area contributed by atoms with Crippen LogP contribution in [0, 0.1) is 10.7 Å². The van der Waals surface area contributed by atoms with Crippen LogP contribution in [0.15, 0.2) is 17.1 Å². The minimum Gasteiger partial charge on any atom is -0.393 e. The van der Waals surface area contributed by atoms with Crippen molar-refractivity contribution in [3.63, 3.8) is 0 Å². The number of aromatic amines is 1. The first kappa shape index (κ1) is 12.9. The zero-order valence-corrected chi connectivity index (χ0v) is 10.9. The van der Waals surface area contributed by atoms with Gasteiger partial charge in [-0.3, -0.25) is 14.3 Å². The molecule has 2 fully saturated rings. The van der Waals surface area contributed by atoms with Crippen LogP contribution in [0.25, 0.3) is 0 Å². The number of aromatic nitrogens is 2. The number of H-pyrrole nitrogens is 1. The Morgan fingerprint density at radius 1 is 1.63 bits per heavy atom. The molecule has 104 valence electrons. The molecular formula is C11H14N2O5S. The first-order valence-corrected chi connectivity index (χ1v) is 6.26. The summed E-state index contributed by atoms with van der Waals surface area (Å²) < 4.78 is 7.15. The maximum atomic E-state index is 11.1. The lowest BCUT2D eigenvalue weighted by atomic mass is 9.98. The predicted molar refractivity (Wildman–Crippen MR) is 65.9 cm³/mol. The second-order valence-corrected chi connectivity index (χ2v) is 5.64. The Bertz CT molecular complexity index is 638. The van der Waals surface area contributed by atoms with Crippen LogP contribution in [-0.2, 0) is 4.74 Å². The highest BCUT2D eigenvalue weighted by Gasteiger charge is 2.80. The Hall–Kier alpha value is -1.06. The van der Waals surface area contributed by atoms with Crippen LogP contribution in [-0.4, -0.2) is 48.8 Å². The molecule has 3 unspecified atom stereocenters. The summed E-state index contributed by atoms with van der Waals surface area (Å²) in [5.74, 6) is -0.580. The molecule has 5 atom stereocenters. The smallest absolute Gasteiger partial charge is 0.251 e. The molecule has 2 heterocycles. The van der Waals surface area contributed by atoms with Gasteiger partial charge in [0.15, 0.2) is 11.0 Å². The molecule has 1 aliphatic carbocycles. The Morgan fingerprint density at radius 2 is 2.32 bits per heavy atom. The fourth-order valence-electron chi connectivity index (χ4n) is 3.01. The summed E-state index contributed by atoms with van der Waals surface area (Å²) >= 11 is 5.03. The third-order valence-electron chi connectivity index (χ3n) is 4.05. The van der Waals surface area contributed by atoms with Gasteiger partial charge < -0.3 is 20.1 Å². The van der Waals surface area contributed by atoms with Crippen LogP contribution in [0.2, 0.25) is 0 Å². The van der Waals surface area contributed by atoms with Crippen molar-refractivity contribution in [2.75, 3.05) is 6.61 Å². The van der Waals surface area contributed by atoms with Crippen molar-refractivity contribution in [2.45, 2.75) is 30.5 Å². The highest BCUT2D eigenvalue weighted by molar-refractivity contribution is 7.71. The second kappa shape index (κ2) is 3.74. The van der Waals surface area contributed by atoms with E-state index in [-0.39, 0.29) is 16.9 Å². The van der Waals surface area contributed by atoms with Crippen LogP contribution >= 0.6 is 12.2 Å². The molecule has 7 nitrogen and oxygen atoms in total. The summed E-state index contributed by atoms with van der Waals surface area (Å²) in [5.41, 5.74) is -2.88. The van der Waals surface area contributed by atoms with E-state index in [1.807, 2.05) is 0 Å². The van der Waals surface area contributed by atoms with Crippen molar-refractivity contribution < 1.29 is 20.1 Å². The predicted octanol–water partition coefficient (Wildman–Crippen LogP) is -1.09. The molecule has 19 heavy (non-hydrogen) atoms. The van der Waals surface area contributed by atoms with Crippen LogP contribution in [0.3, 0.4) is 0 Å². The van der Waals surface area contributed by atoms with Crippen LogP contribution in [0.1, 0.15) is 13.2 Å². The highest BCUT2D eigenvalue weighted by Crippen LogP contribution is 2.63. The average molecular weight is 286 g/mol. The van der Waals surface area contributed by atoms with Gasteiger partial charge in [0.25, 0.3) is 5.56 Å². The van der Waals surface area contributed by atoms with Crippen molar-refractivity contribution in [3.8, 4) is 0 Å². The normalized spacial score (nSPS) is 44.1. The third kappa shape index (κ3) is 1.52. The maximum absolute atomic E-state index is 11.1. The third-order valence-corrected chi connectivity index (χ3v) is 4.36. The van der Waals surface area contributed by atoms with Gasteiger partial charge in [0, 0.05) is 12.3 Å². The largest absolute Gasteiger partial charge is 0.393 e. The lowest BCUT2D eigenvalue weighted by Gasteiger charge is -2.30. The number of rotatable bonds is 2. The number of hydrogen-bond donors (Lipinski definition) is 4. The first-order valence-electron chi connectivity index (χ1n) is 5.85. The van der Waals surface area contributed by atoms with Crippen molar-refractivity contribution in [1.82, 2.24) is 9.55 Å². The summed E-state index contributed by atoms with van der Waals surface area (Å²) in [6.07, 6.45) is -0.346. The summed E-state index contributed by atoms with van der Waals surface area (Å²) in [4.78, 5) is 13.6. The molecule has 0 amide bonds. The van der Waals surface area contributed by atoms with E-state index in [9.17, 15) is 20.1 Å². The maximum Gasteiger partial charge on any atom is 0.251 e. The monoisotopic (exact) mass is 286 g/mol. The molecule has 1 saturated carbocycles. The molecule has 0 radical (unpaired) electrons. The molecule has 0 aromatic carbocycles. The molecule has 1 aliphatic heterocycles. The Morgan fingerprint density at radius 3 is 2.84 bits per heavy atom. The fraction of sp³-hybridized carbons (Fsp3) is 0.636. The molecule has 1 aromatic heterocycles. The quantitative estimate of drug-likeness (QED) is 0.514. The number of ether oxygens (including phenoxy) is 1. The molecule has 1 saturated heterocycles. The molecule has 8 heteroatoms. The zero-order valence-electron chi connectivity index (χ0n) is 10.1. The van der Waals surface area contributed by atoms with Gasteiger partial charge in [-0.05, 0) is 19.1 Å². The number of nitrogens with zero attached hydrogens (tertiary/aromatic N) is 1. The zero-order chi connectivity index (χ0) is 14.0. The molecule has 1 aromatic rings. The molecule has 3 rings (SSSR count). The van der Waals surface area contributed by atoms with E-state index >= 15 is 0 Å². The Kier molecular flexibility index (Phi) is 2.55. The van der Waals surface area contributed by atoms with Crippen LogP contribution in [0.4, 0.5) is 0 Å². The number of nitrogens with one attached hydrogen (secondary N) is 1. The second-order valence-electron chi connectivity index (χ2n) is 5.25. The van der Waals surface area contributed by atoms with E-state index in [4.69, 9.17) is 17.0 Å². The van der Waals surface area contributed by atoms with Gasteiger partial charge >= 0.3 is 0 Å². The fourth-order valence-corrected chi connectivity index (χ4v) is 3.27. The molecule has 0 bridgehead atoms. The van der Waals surface area contributed by atoms with Crippen molar-refractivity contribution in [3.05, 3.63) is 27.4 Å². The lowest BCUT2D eigenvalue weighted by molar-refractivity contribution is -0.151. The molecule has 4 N–H and O–H groups in total. The Labute approximate surface area is 113 Å². The van der Waals surface area contributed by atoms with Crippen molar-refractivity contribution in [1.29, 1.82) is 0 Å². The molecule has 0 spiro atoms. The van der Waals surface area contributed by atoms with Crippen molar-refractivity contribution >= 4 is 12.2 Å². The lowest BCUT2D eigenvalue weighted by Crippen LogP contribution is -2.39. The van der Waals surface area contributed by atoms with E-state index in [0.29, 0.717) is 0 Å². The minimum absolute atomic E-state index is 0.113. The van der Waals surface area contributed by atoms with E-state index in [0.717, 1.165) is 0 Å². The van der Waals surface area contributed by atoms with Crippen LogP contribution in [0.5, 0.6) is 0 Å². The van der Waals surface area contributed by atoms with Crippen molar-refractivity contribution in [2.24, 2.45) is 5.92 Å². The van der Waals surface area contributed by atoms with Gasteiger partial charge in [0.05, 0.1) is 18.6 Å². The average Bonchev–Trinajstić information content (AvgIpc) is 2.83. The van der Waals surface area contributed by atoms with Gasteiger partial charge in [-0.15, -0.1) is 0 Å². The Balaban J connectivity index is 2.04. The molecule has 2 aliphatic rings. The van der Waals surface area contributed by atoms with Gasteiger partial charge in [-0.1, -0.05) is 0 Å². The highest BCUT2D eigenvalue weighted by atomic mass is 32.1. The standard InChI is InChI=1S/C11H14N2O5S/c1-10(17)6-7(16)11(6,4-14)18-8(10)13-3-2-5(15)12-9(13)19/h2-3,6-8,14,16-17H,4H2,1H3,(H,12,15,19)/t6?,7-,8-,10?,11?/m1/s1. The number of aliphatic hydroxyl groups is 3.